The van der Waals surface area contributed by atoms with Gasteiger partial charge in [0.25, 0.3) is 0 Å². The second kappa shape index (κ2) is 6.31. The molecular formula is C16H24N2O. The highest BCUT2D eigenvalue weighted by Gasteiger charge is 2.18. The van der Waals surface area contributed by atoms with E-state index in [2.05, 4.69) is 30.6 Å². The average molecular weight is 260 g/mol. The second-order valence-electron chi connectivity index (χ2n) is 5.43. The van der Waals surface area contributed by atoms with Crippen molar-refractivity contribution < 1.29 is 4.79 Å². The second-order valence-corrected chi connectivity index (χ2v) is 5.43. The SMILES string of the molecule is CCN1CCN(CC(=O)c2ccc(C)c(C)c2)CC1. The lowest BCUT2D eigenvalue weighted by Crippen LogP contribution is -2.47. The summed E-state index contributed by atoms with van der Waals surface area (Å²) in [6.07, 6.45) is 0. The Bertz CT molecular complexity index is 448. The van der Waals surface area contributed by atoms with Crippen LogP contribution in [-0.4, -0.2) is 54.9 Å². The van der Waals surface area contributed by atoms with Gasteiger partial charge in [0.2, 0.25) is 0 Å². The first-order chi connectivity index (χ1) is 9.10. The molecule has 0 aromatic heterocycles. The van der Waals surface area contributed by atoms with Crippen LogP contribution in [0.2, 0.25) is 0 Å². The summed E-state index contributed by atoms with van der Waals surface area (Å²) >= 11 is 0. The molecule has 0 saturated carbocycles. The van der Waals surface area contributed by atoms with E-state index in [4.69, 9.17) is 0 Å². The minimum atomic E-state index is 0.244. The third kappa shape index (κ3) is 3.64. The lowest BCUT2D eigenvalue weighted by atomic mass is 10.0. The summed E-state index contributed by atoms with van der Waals surface area (Å²) in [7, 11) is 0. The number of nitrogens with zero attached hydrogens (tertiary/aromatic N) is 2. The van der Waals surface area contributed by atoms with Crippen LogP contribution < -0.4 is 0 Å². The van der Waals surface area contributed by atoms with Gasteiger partial charge in [-0.05, 0) is 37.6 Å². The number of ketones is 1. The van der Waals surface area contributed by atoms with Crippen molar-refractivity contribution in [2.24, 2.45) is 0 Å². The molecule has 0 atom stereocenters. The predicted octanol–water partition coefficient (Wildman–Crippen LogP) is 2.12. The molecule has 0 amide bonds. The molecule has 1 aliphatic rings. The Morgan fingerprint density at radius 2 is 1.68 bits per heavy atom. The number of likely N-dealkylation sites (N-methyl/N-ethyl adjacent to an activating group) is 1. The number of Topliss-reactive ketones (excluding diaryl/α,β-unsaturated/α-hetero) is 1. The molecule has 0 radical (unpaired) electrons. The van der Waals surface area contributed by atoms with Gasteiger partial charge >= 0.3 is 0 Å². The van der Waals surface area contributed by atoms with Crippen LogP contribution in [0.1, 0.15) is 28.4 Å². The third-order valence-electron chi connectivity index (χ3n) is 4.11. The van der Waals surface area contributed by atoms with Crippen molar-refractivity contribution in [2.75, 3.05) is 39.3 Å². The fourth-order valence-corrected chi connectivity index (χ4v) is 2.47. The summed E-state index contributed by atoms with van der Waals surface area (Å²) in [5.41, 5.74) is 3.29. The molecule has 1 saturated heterocycles. The van der Waals surface area contributed by atoms with Crippen LogP contribution in [0.3, 0.4) is 0 Å². The summed E-state index contributed by atoms with van der Waals surface area (Å²) in [6, 6.07) is 6.00. The van der Waals surface area contributed by atoms with Crippen molar-refractivity contribution in [2.45, 2.75) is 20.8 Å². The molecule has 1 aromatic carbocycles. The van der Waals surface area contributed by atoms with Gasteiger partial charge in [-0.2, -0.15) is 0 Å². The van der Waals surface area contributed by atoms with Crippen LogP contribution in [0, 0.1) is 13.8 Å². The summed E-state index contributed by atoms with van der Waals surface area (Å²) in [5, 5.41) is 0. The van der Waals surface area contributed by atoms with E-state index < -0.39 is 0 Å². The molecule has 3 heteroatoms. The summed E-state index contributed by atoms with van der Waals surface area (Å²) in [5.74, 6) is 0.244. The lowest BCUT2D eigenvalue weighted by molar-refractivity contribution is 0.0859. The standard InChI is InChI=1S/C16H24N2O/c1-4-17-7-9-18(10-8-17)12-16(19)15-6-5-13(2)14(3)11-15/h5-6,11H,4,7-10,12H2,1-3H3. The maximum absolute atomic E-state index is 12.3. The van der Waals surface area contributed by atoms with Crippen molar-refractivity contribution in [3.63, 3.8) is 0 Å². The number of hydrogen-bond acceptors (Lipinski definition) is 3. The van der Waals surface area contributed by atoms with E-state index in [0.29, 0.717) is 6.54 Å². The van der Waals surface area contributed by atoms with E-state index in [1.165, 1.54) is 11.1 Å². The molecule has 0 unspecified atom stereocenters. The van der Waals surface area contributed by atoms with Crippen molar-refractivity contribution in [3.05, 3.63) is 34.9 Å². The minimum absolute atomic E-state index is 0.244. The topological polar surface area (TPSA) is 23.6 Å². The predicted molar refractivity (Wildman–Crippen MR) is 78.8 cm³/mol. The zero-order valence-electron chi connectivity index (χ0n) is 12.3. The van der Waals surface area contributed by atoms with E-state index in [-0.39, 0.29) is 5.78 Å². The Labute approximate surface area is 116 Å². The fraction of sp³-hybridized carbons (Fsp3) is 0.562. The molecule has 1 fully saturated rings. The van der Waals surface area contributed by atoms with Gasteiger partial charge in [0, 0.05) is 31.7 Å². The van der Waals surface area contributed by atoms with Gasteiger partial charge in [-0.1, -0.05) is 19.1 Å². The number of carbonyl (C=O) groups is 1. The average Bonchev–Trinajstić information content (AvgIpc) is 2.42. The molecule has 0 N–H and O–H groups in total. The summed E-state index contributed by atoms with van der Waals surface area (Å²) in [4.78, 5) is 17.0. The molecule has 0 bridgehead atoms. The minimum Gasteiger partial charge on any atom is -0.301 e. The van der Waals surface area contributed by atoms with Crippen LogP contribution in [0.4, 0.5) is 0 Å². The van der Waals surface area contributed by atoms with Crippen LogP contribution in [0.15, 0.2) is 18.2 Å². The van der Waals surface area contributed by atoms with Crippen molar-refractivity contribution in [1.29, 1.82) is 0 Å². The maximum Gasteiger partial charge on any atom is 0.176 e. The Morgan fingerprint density at radius 3 is 2.26 bits per heavy atom. The molecule has 3 nitrogen and oxygen atoms in total. The molecule has 104 valence electrons. The largest absolute Gasteiger partial charge is 0.301 e. The first-order valence-corrected chi connectivity index (χ1v) is 7.15. The fourth-order valence-electron chi connectivity index (χ4n) is 2.47. The summed E-state index contributed by atoms with van der Waals surface area (Å²) in [6.45, 7) is 12.2. The highest BCUT2D eigenvalue weighted by Crippen LogP contribution is 2.11. The zero-order chi connectivity index (χ0) is 13.8. The normalized spacial score (nSPS) is 17.6. The third-order valence-corrected chi connectivity index (χ3v) is 4.11. The molecule has 1 aromatic rings. The molecule has 0 spiro atoms. The Balaban J connectivity index is 1.92. The van der Waals surface area contributed by atoms with Gasteiger partial charge in [-0.25, -0.2) is 0 Å². The van der Waals surface area contributed by atoms with Crippen LogP contribution in [0.5, 0.6) is 0 Å². The Hall–Kier alpha value is -1.19. The van der Waals surface area contributed by atoms with Crippen LogP contribution >= 0.6 is 0 Å². The number of piperazine rings is 1. The van der Waals surface area contributed by atoms with E-state index in [1.54, 1.807) is 0 Å². The van der Waals surface area contributed by atoms with Gasteiger partial charge in [0.15, 0.2) is 5.78 Å². The molecule has 0 aliphatic carbocycles. The molecule has 19 heavy (non-hydrogen) atoms. The van der Waals surface area contributed by atoms with E-state index >= 15 is 0 Å². The Kier molecular flexibility index (Phi) is 4.72. The van der Waals surface area contributed by atoms with Gasteiger partial charge in [-0.3, -0.25) is 9.69 Å². The highest BCUT2D eigenvalue weighted by atomic mass is 16.1. The maximum atomic E-state index is 12.3. The number of rotatable bonds is 4. The van der Waals surface area contributed by atoms with Gasteiger partial charge < -0.3 is 4.90 Å². The summed E-state index contributed by atoms with van der Waals surface area (Å²) < 4.78 is 0. The Morgan fingerprint density at radius 1 is 1.05 bits per heavy atom. The first-order valence-electron chi connectivity index (χ1n) is 7.15. The van der Waals surface area contributed by atoms with Crippen molar-refractivity contribution in [1.82, 2.24) is 9.80 Å². The number of hydrogen-bond donors (Lipinski definition) is 0. The van der Waals surface area contributed by atoms with Crippen molar-refractivity contribution >= 4 is 5.78 Å². The number of aryl methyl sites for hydroxylation is 2. The smallest absolute Gasteiger partial charge is 0.176 e. The van der Waals surface area contributed by atoms with Crippen LogP contribution in [0.25, 0.3) is 0 Å². The lowest BCUT2D eigenvalue weighted by Gasteiger charge is -2.33. The molecule has 2 rings (SSSR count). The van der Waals surface area contributed by atoms with E-state index in [0.717, 1.165) is 38.3 Å². The quantitative estimate of drug-likeness (QED) is 0.775. The van der Waals surface area contributed by atoms with Crippen LogP contribution in [-0.2, 0) is 0 Å². The van der Waals surface area contributed by atoms with Gasteiger partial charge in [-0.15, -0.1) is 0 Å². The zero-order valence-corrected chi connectivity index (χ0v) is 12.3. The molecule has 1 heterocycles. The number of carbonyl (C=O) groups excluding carboxylic acids is 1. The first kappa shape index (κ1) is 14.2. The monoisotopic (exact) mass is 260 g/mol. The number of benzene rings is 1. The van der Waals surface area contributed by atoms with Gasteiger partial charge in [0.05, 0.1) is 6.54 Å². The van der Waals surface area contributed by atoms with Gasteiger partial charge in [0.1, 0.15) is 0 Å². The molecular weight excluding hydrogens is 236 g/mol. The molecule has 1 aliphatic heterocycles. The van der Waals surface area contributed by atoms with Crippen molar-refractivity contribution in [3.8, 4) is 0 Å². The van der Waals surface area contributed by atoms with E-state index in [9.17, 15) is 4.79 Å². The van der Waals surface area contributed by atoms with E-state index in [1.807, 2.05) is 18.2 Å². The highest BCUT2D eigenvalue weighted by molar-refractivity contribution is 5.97.